The van der Waals surface area contributed by atoms with E-state index in [2.05, 4.69) is 10.6 Å². The van der Waals surface area contributed by atoms with E-state index in [1.807, 2.05) is 19.9 Å². The van der Waals surface area contributed by atoms with Gasteiger partial charge in [-0.25, -0.2) is 0 Å². The Labute approximate surface area is 159 Å². The fourth-order valence-electron chi connectivity index (χ4n) is 2.33. The van der Waals surface area contributed by atoms with Gasteiger partial charge in [0.15, 0.2) is 0 Å². The molecule has 2 aromatic carbocycles. The van der Waals surface area contributed by atoms with Crippen molar-refractivity contribution in [3.05, 3.63) is 48.5 Å². The SMILES string of the molecule is COc1ccccc1NC(=O)C(C)(C)C(=O)Nc1ccccc1OC(C)C. The number of carbonyl (C=O) groups excluding carboxylic acids is 2. The number of benzene rings is 2. The maximum Gasteiger partial charge on any atom is 0.239 e. The van der Waals surface area contributed by atoms with Gasteiger partial charge < -0.3 is 20.1 Å². The monoisotopic (exact) mass is 370 g/mol. The van der Waals surface area contributed by atoms with E-state index in [4.69, 9.17) is 9.47 Å². The van der Waals surface area contributed by atoms with Crippen LogP contribution in [0.3, 0.4) is 0 Å². The summed E-state index contributed by atoms with van der Waals surface area (Å²) in [6, 6.07) is 14.2. The van der Waals surface area contributed by atoms with Gasteiger partial charge in [-0.15, -0.1) is 0 Å². The molecule has 0 atom stereocenters. The van der Waals surface area contributed by atoms with Gasteiger partial charge in [-0.05, 0) is 52.0 Å². The Balaban J connectivity index is 2.16. The van der Waals surface area contributed by atoms with Crippen molar-refractivity contribution < 1.29 is 19.1 Å². The van der Waals surface area contributed by atoms with Crippen LogP contribution in [0.1, 0.15) is 27.7 Å². The number of rotatable bonds is 7. The van der Waals surface area contributed by atoms with Crippen molar-refractivity contribution >= 4 is 23.2 Å². The van der Waals surface area contributed by atoms with Gasteiger partial charge >= 0.3 is 0 Å². The van der Waals surface area contributed by atoms with Crippen molar-refractivity contribution in [1.29, 1.82) is 0 Å². The molecule has 0 saturated carbocycles. The average molecular weight is 370 g/mol. The third kappa shape index (κ3) is 5.00. The summed E-state index contributed by atoms with van der Waals surface area (Å²) in [6.07, 6.45) is -0.0371. The van der Waals surface area contributed by atoms with Crippen molar-refractivity contribution in [1.82, 2.24) is 0 Å². The Morgan fingerprint density at radius 1 is 0.852 bits per heavy atom. The number of hydrogen-bond acceptors (Lipinski definition) is 4. The lowest BCUT2D eigenvalue weighted by atomic mass is 9.90. The molecule has 2 aromatic rings. The highest BCUT2D eigenvalue weighted by Gasteiger charge is 2.37. The van der Waals surface area contributed by atoms with Crippen molar-refractivity contribution in [3.8, 4) is 11.5 Å². The van der Waals surface area contributed by atoms with Gasteiger partial charge in [0.1, 0.15) is 16.9 Å². The number of amides is 2. The summed E-state index contributed by atoms with van der Waals surface area (Å²) in [6.45, 7) is 6.95. The molecule has 27 heavy (non-hydrogen) atoms. The molecule has 0 aliphatic carbocycles. The van der Waals surface area contributed by atoms with Crippen LogP contribution in [0.2, 0.25) is 0 Å². The largest absolute Gasteiger partial charge is 0.495 e. The minimum atomic E-state index is -1.31. The summed E-state index contributed by atoms with van der Waals surface area (Å²) in [7, 11) is 1.52. The molecule has 0 radical (unpaired) electrons. The van der Waals surface area contributed by atoms with Crippen molar-refractivity contribution in [2.45, 2.75) is 33.8 Å². The van der Waals surface area contributed by atoms with Crippen LogP contribution < -0.4 is 20.1 Å². The van der Waals surface area contributed by atoms with E-state index in [0.717, 1.165) is 0 Å². The maximum absolute atomic E-state index is 12.8. The molecule has 0 aliphatic heterocycles. The smallest absolute Gasteiger partial charge is 0.239 e. The lowest BCUT2D eigenvalue weighted by Gasteiger charge is -2.24. The highest BCUT2D eigenvalue weighted by atomic mass is 16.5. The van der Waals surface area contributed by atoms with E-state index in [9.17, 15) is 9.59 Å². The lowest BCUT2D eigenvalue weighted by molar-refractivity contribution is -0.135. The van der Waals surface area contributed by atoms with Crippen LogP contribution in [0.15, 0.2) is 48.5 Å². The summed E-state index contributed by atoms with van der Waals surface area (Å²) in [4.78, 5) is 25.5. The van der Waals surface area contributed by atoms with Gasteiger partial charge in [-0.2, -0.15) is 0 Å². The molecule has 2 amide bonds. The third-order valence-electron chi connectivity index (χ3n) is 3.99. The Hall–Kier alpha value is -3.02. The Kier molecular flexibility index (Phi) is 6.45. The number of methoxy groups -OCH3 is 1. The van der Waals surface area contributed by atoms with E-state index >= 15 is 0 Å². The summed E-state index contributed by atoms with van der Waals surface area (Å²) in [5.41, 5.74) is -0.282. The molecule has 144 valence electrons. The molecule has 0 bridgehead atoms. The highest BCUT2D eigenvalue weighted by molar-refractivity contribution is 6.14. The van der Waals surface area contributed by atoms with Crippen LogP contribution in [-0.2, 0) is 9.59 Å². The number of carbonyl (C=O) groups is 2. The minimum absolute atomic E-state index is 0.0371. The predicted molar refractivity (Wildman–Crippen MR) is 106 cm³/mol. The molecular formula is C21H26N2O4. The second-order valence-electron chi connectivity index (χ2n) is 6.90. The summed E-state index contributed by atoms with van der Waals surface area (Å²) < 4.78 is 10.9. The molecule has 0 fully saturated rings. The summed E-state index contributed by atoms with van der Waals surface area (Å²) in [5.74, 6) is 0.209. The van der Waals surface area contributed by atoms with E-state index in [1.165, 1.54) is 7.11 Å². The number of ether oxygens (including phenoxy) is 2. The van der Waals surface area contributed by atoms with Crippen molar-refractivity contribution in [3.63, 3.8) is 0 Å². The molecule has 0 aromatic heterocycles. The Morgan fingerprint density at radius 3 is 1.78 bits per heavy atom. The Bertz CT molecular complexity index is 815. The number of para-hydroxylation sites is 4. The van der Waals surface area contributed by atoms with Gasteiger partial charge in [-0.3, -0.25) is 9.59 Å². The van der Waals surface area contributed by atoms with Gasteiger partial charge in [0.25, 0.3) is 0 Å². The first kappa shape index (κ1) is 20.3. The van der Waals surface area contributed by atoms with E-state index < -0.39 is 17.2 Å². The zero-order valence-electron chi connectivity index (χ0n) is 16.3. The maximum atomic E-state index is 12.8. The summed E-state index contributed by atoms with van der Waals surface area (Å²) >= 11 is 0. The molecule has 0 heterocycles. The van der Waals surface area contributed by atoms with Gasteiger partial charge in [-0.1, -0.05) is 24.3 Å². The first-order chi connectivity index (χ1) is 12.8. The van der Waals surface area contributed by atoms with E-state index in [1.54, 1.807) is 56.3 Å². The highest BCUT2D eigenvalue weighted by Crippen LogP contribution is 2.29. The molecule has 2 N–H and O–H groups in total. The van der Waals surface area contributed by atoms with Crippen LogP contribution in [-0.4, -0.2) is 25.0 Å². The second-order valence-corrected chi connectivity index (χ2v) is 6.90. The number of nitrogens with one attached hydrogen (secondary N) is 2. The molecular weight excluding hydrogens is 344 g/mol. The van der Waals surface area contributed by atoms with Crippen LogP contribution in [0.5, 0.6) is 11.5 Å². The molecule has 0 unspecified atom stereocenters. The molecule has 0 saturated heterocycles. The fourth-order valence-corrected chi connectivity index (χ4v) is 2.33. The molecule has 0 spiro atoms. The van der Waals surface area contributed by atoms with Crippen LogP contribution in [0, 0.1) is 5.41 Å². The molecule has 6 nitrogen and oxygen atoms in total. The normalized spacial score (nSPS) is 11.0. The van der Waals surface area contributed by atoms with Gasteiger partial charge in [0.05, 0.1) is 24.6 Å². The third-order valence-corrected chi connectivity index (χ3v) is 3.99. The van der Waals surface area contributed by atoms with Crippen LogP contribution in [0.4, 0.5) is 11.4 Å². The predicted octanol–water partition coefficient (Wildman–Crippen LogP) is 4.09. The summed E-state index contributed by atoms with van der Waals surface area (Å²) in [5, 5.41) is 5.55. The van der Waals surface area contributed by atoms with Crippen LogP contribution >= 0.6 is 0 Å². The molecule has 0 aliphatic rings. The fraction of sp³-hybridized carbons (Fsp3) is 0.333. The van der Waals surface area contributed by atoms with Gasteiger partial charge in [0.2, 0.25) is 11.8 Å². The topological polar surface area (TPSA) is 76.7 Å². The average Bonchev–Trinajstić information content (AvgIpc) is 2.63. The second kappa shape index (κ2) is 8.58. The standard InChI is InChI=1S/C21H26N2O4/c1-14(2)27-18-13-9-7-11-16(18)23-20(25)21(3,4)19(24)22-15-10-6-8-12-17(15)26-5/h6-14H,1-5H3,(H,22,24)(H,23,25). The first-order valence-electron chi connectivity index (χ1n) is 8.77. The van der Waals surface area contributed by atoms with E-state index in [0.29, 0.717) is 22.9 Å². The van der Waals surface area contributed by atoms with Crippen molar-refractivity contribution in [2.24, 2.45) is 5.41 Å². The van der Waals surface area contributed by atoms with Gasteiger partial charge in [0, 0.05) is 0 Å². The molecule has 2 rings (SSSR count). The number of hydrogen-bond donors (Lipinski definition) is 2. The first-order valence-corrected chi connectivity index (χ1v) is 8.77. The lowest BCUT2D eigenvalue weighted by Crippen LogP contribution is -2.41. The zero-order valence-corrected chi connectivity index (χ0v) is 16.3. The minimum Gasteiger partial charge on any atom is -0.495 e. The van der Waals surface area contributed by atoms with Crippen LogP contribution in [0.25, 0.3) is 0 Å². The molecule has 6 heteroatoms. The van der Waals surface area contributed by atoms with Crippen molar-refractivity contribution in [2.75, 3.05) is 17.7 Å². The number of anilines is 2. The zero-order chi connectivity index (χ0) is 20.0. The van der Waals surface area contributed by atoms with E-state index in [-0.39, 0.29) is 6.10 Å². The quantitative estimate of drug-likeness (QED) is 0.720. The Morgan fingerprint density at radius 2 is 1.30 bits per heavy atom.